The lowest BCUT2D eigenvalue weighted by atomic mass is 9.94. The van der Waals surface area contributed by atoms with E-state index in [1.807, 2.05) is 32.0 Å². The normalized spacial score (nSPS) is 17.7. The molecule has 238 valence electrons. The van der Waals surface area contributed by atoms with Crippen LogP contribution in [-0.4, -0.2) is 55.9 Å². The lowest BCUT2D eigenvalue weighted by Gasteiger charge is -2.34. The van der Waals surface area contributed by atoms with Crippen LogP contribution in [0.3, 0.4) is 0 Å². The fourth-order valence-corrected chi connectivity index (χ4v) is 7.08. The lowest BCUT2D eigenvalue weighted by molar-refractivity contribution is 0.0537. The number of fused-ring (bicyclic) bond motifs is 2. The van der Waals surface area contributed by atoms with E-state index in [9.17, 15) is 8.42 Å². The quantitative estimate of drug-likeness (QED) is 0.210. The van der Waals surface area contributed by atoms with Crippen LogP contribution in [0, 0.1) is 6.92 Å². The molecule has 6 rings (SSSR count). The molecule has 8 nitrogen and oxygen atoms in total. The number of halogens is 4. The first kappa shape index (κ1) is 35.1. The highest BCUT2D eigenvalue weighted by Gasteiger charge is 2.32. The summed E-state index contributed by atoms with van der Waals surface area (Å²) in [5.41, 5.74) is 6.49. The van der Waals surface area contributed by atoms with E-state index >= 15 is 0 Å². The van der Waals surface area contributed by atoms with Gasteiger partial charge in [0.15, 0.2) is 0 Å². The van der Waals surface area contributed by atoms with Crippen LogP contribution in [-0.2, 0) is 19.5 Å². The van der Waals surface area contributed by atoms with Gasteiger partial charge >= 0.3 is 0 Å². The number of sulfonamides is 1. The third kappa shape index (κ3) is 9.15. The first-order chi connectivity index (χ1) is 20.7. The molecule has 2 aromatic heterocycles. The highest BCUT2D eigenvalue weighted by atomic mass is 35.5. The Morgan fingerprint density at radius 1 is 0.750 bits per heavy atom. The van der Waals surface area contributed by atoms with Crippen LogP contribution in [0.1, 0.15) is 45.1 Å². The highest BCUT2D eigenvalue weighted by Crippen LogP contribution is 2.31. The van der Waals surface area contributed by atoms with Crippen molar-refractivity contribution in [3.05, 3.63) is 74.7 Å². The van der Waals surface area contributed by atoms with Crippen molar-refractivity contribution in [2.24, 2.45) is 5.73 Å². The molecule has 2 fully saturated rings. The second-order valence-corrected chi connectivity index (χ2v) is 14.8. The Labute approximate surface area is 278 Å². The molecule has 0 radical (unpaired) electrons. The second-order valence-electron chi connectivity index (χ2n) is 11.6. The van der Waals surface area contributed by atoms with E-state index in [1.165, 1.54) is 18.3 Å². The fourth-order valence-electron chi connectivity index (χ4n) is 4.76. The van der Waals surface area contributed by atoms with Gasteiger partial charge in [0, 0.05) is 71.4 Å². The monoisotopic (exact) mass is 700 g/mol. The van der Waals surface area contributed by atoms with Crippen LogP contribution in [0.25, 0.3) is 21.5 Å². The molecule has 0 saturated carbocycles. The zero-order chi connectivity index (χ0) is 32.1. The maximum absolute atomic E-state index is 12.7. The van der Waals surface area contributed by atoms with Crippen molar-refractivity contribution in [3.8, 4) is 0 Å². The lowest BCUT2D eigenvalue weighted by Crippen LogP contribution is -2.49. The summed E-state index contributed by atoms with van der Waals surface area (Å²) in [7, 11) is -3.67. The number of aryl methyl sites for hydroxylation is 1. The summed E-state index contributed by atoms with van der Waals surface area (Å²) >= 11 is 24.0. The SMILES string of the molecule is CC1(N)CCOCC1.CC1(NS(=O)(=O)c2ccc3c(Cl)cnc(Cl)c3c2)CCOCC1.Cc1ccc2c(Cl)cnc(Cl)c2c1. The molecular formula is C31H36Cl4N4O4S. The summed E-state index contributed by atoms with van der Waals surface area (Å²) < 4.78 is 38.6. The van der Waals surface area contributed by atoms with Crippen molar-refractivity contribution in [2.75, 3.05) is 26.4 Å². The average Bonchev–Trinajstić information content (AvgIpc) is 2.97. The molecule has 0 unspecified atom stereocenters. The summed E-state index contributed by atoms with van der Waals surface area (Å²) in [5.74, 6) is 0. The van der Waals surface area contributed by atoms with Gasteiger partial charge < -0.3 is 15.2 Å². The van der Waals surface area contributed by atoms with E-state index in [0.29, 0.717) is 52.0 Å². The minimum absolute atomic E-state index is 0.0538. The summed E-state index contributed by atoms with van der Waals surface area (Å²) in [6, 6.07) is 10.6. The number of aromatic nitrogens is 2. The van der Waals surface area contributed by atoms with Gasteiger partial charge in [0.25, 0.3) is 0 Å². The van der Waals surface area contributed by atoms with Gasteiger partial charge in [-0.1, -0.05) is 70.2 Å². The van der Waals surface area contributed by atoms with Crippen molar-refractivity contribution >= 4 is 78.0 Å². The third-order valence-corrected chi connectivity index (χ3v) is 10.5. The largest absolute Gasteiger partial charge is 0.381 e. The smallest absolute Gasteiger partial charge is 0.241 e. The number of hydrogen-bond donors (Lipinski definition) is 2. The molecular weight excluding hydrogens is 666 g/mol. The summed E-state index contributed by atoms with van der Waals surface area (Å²) in [6.07, 6.45) is 6.30. The standard InChI is InChI=1S/C15H16Cl2N2O3S.C10H7Cl2N.C6H13NO/c1-15(4-6-22-7-5-15)19-23(20,21)10-2-3-11-12(8-10)14(17)18-9-13(11)16;1-6-2-3-7-8(4-6)10(12)13-5-9(7)11;1-6(7)2-4-8-5-3-6/h2-3,8-9,19H,4-7H2,1H3;2-5H,1H3;2-5,7H2,1H3. The van der Waals surface area contributed by atoms with Gasteiger partial charge in [0.2, 0.25) is 10.0 Å². The minimum atomic E-state index is -3.67. The average molecular weight is 703 g/mol. The maximum atomic E-state index is 12.7. The maximum Gasteiger partial charge on any atom is 0.241 e. The van der Waals surface area contributed by atoms with Crippen LogP contribution in [0.15, 0.2) is 53.7 Å². The Balaban J connectivity index is 0.000000175. The van der Waals surface area contributed by atoms with Crippen molar-refractivity contribution in [1.82, 2.24) is 14.7 Å². The van der Waals surface area contributed by atoms with E-state index < -0.39 is 15.6 Å². The Bertz CT molecular complexity index is 1720. The number of ether oxygens (including phenoxy) is 2. The number of nitrogens with one attached hydrogen (secondary N) is 1. The van der Waals surface area contributed by atoms with Gasteiger partial charge in [-0.3, -0.25) is 0 Å². The summed E-state index contributed by atoms with van der Waals surface area (Å²) in [4.78, 5) is 8.08. The molecule has 0 bridgehead atoms. The van der Waals surface area contributed by atoms with Gasteiger partial charge in [-0.15, -0.1) is 0 Å². The zero-order valence-corrected chi connectivity index (χ0v) is 28.6. The van der Waals surface area contributed by atoms with Crippen LogP contribution in [0.5, 0.6) is 0 Å². The van der Waals surface area contributed by atoms with Crippen LogP contribution >= 0.6 is 46.4 Å². The Kier molecular flexibility index (Phi) is 11.8. The predicted molar refractivity (Wildman–Crippen MR) is 180 cm³/mol. The number of nitrogens with zero attached hydrogens (tertiary/aromatic N) is 2. The van der Waals surface area contributed by atoms with Crippen molar-refractivity contribution in [3.63, 3.8) is 0 Å². The molecule has 2 saturated heterocycles. The number of benzene rings is 2. The van der Waals surface area contributed by atoms with Gasteiger partial charge in [0.1, 0.15) is 10.3 Å². The first-order valence-corrected chi connectivity index (χ1v) is 17.1. The Morgan fingerprint density at radius 2 is 1.23 bits per heavy atom. The molecule has 2 aliphatic heterocycles. The number of hydrogen-bond acceptors (Lipinski definition) is 7. The van der Waals surface area contributed by atoms with E-state index in [0.717, 1.165) is 42.4 Å². The number of rotatable bonds is 3. The van der Waals surface area contributed by atoms with Gasteiger partial charge in [-0.25, -0.2) is 23.1 Å². The fraction of sp³-hybridized carbons (Fsp3) is 0.419. The number of pyridine rings is 2. The molecule has 0 aliphatic carbocycles. The second kappa shape index (κ2) is 14.8. The van der Waals surface area contributed by atoms with E-state index in [4.69, 9.17) is 61.6 Å². The Hall–Kier alpha value is -1.79. The van der Waals surface area contributed by atoms with E-state index in [-0.39, 0.29) is 15.6 Å². The first-order valence-electron chi connectivity index (χ1n) is 14.1. The summed E-state index contributed by atoms with van der Waals surface area (Å²) in [5, 5.41) is 4.84. The van der Waals surface area contributed by atoms with Gasteiger partial charge in [0.05, 0.1) is 14.9 Å². The van der Waals surface area contributed by atoms with E-state index in [1.54, 1.807) is 12.3 Å². The van der Waals surface area contributed by atoms with Gasteiger partial charge in [-0.2, -0.15) is 0 Å². The molecule has 2 aliphatic rings. The van der Waals surface area contributed by atoms with Crippen molar-refractivity contribution < 1.29 is 17.9 Å². The third-order valence-electron chi connectivity index (χ3n) is 7.63. The predicted octanol–water partition coefficient (Wildman–Crippen LogP) is 7.75. The topological polar surface area (TPSA) is 116 Å². The molecule has 0 amide bonds. The molecule has 2 aromatic carbocycles. The zero-order valence-electron chi connectivity index (χ0n) is 24.8. The van der Waals surface area contributed by atoms with Crippen molar-refractivity contribution in [1.29, 1.82) is 0 Å². The molecule has 3 N–H and O–H groups in total. The van der Waals surface area contributed by atoms with Crippen LogP contribution in [0.2, 0.25) is 20.4 Å². The van der Waals surface area contributed by atoms with Crippen molar-refractivity contribution in [2.45, 2.75) is 62.4 Å². The Morgan fingerprint density at radius 3 is 1.73 bits per heavy atom. The minimum Gasteiger partial charge on any atom is -0.381 e. The molecule has 13 heteroatoms. The molecule has 0 atom stereocenters. The number of nitrogens with two attached hydrogens (primary N) is 1. The van der Waals surface area contributed by atoms with Gasteiger partial charge in [-0.05, 0) is 64.7 Å². The molecule has 4 aromatic rings. The van der Waals surface area contributed by atoms with E-state index in [2.05, 4.69) is 21.6 Å². The molecule has 4 heterocycles. The van der Waals surface area contributed by atoms with Crippen LogP contribution in [0.4, 0.5) is 0 Å². The summed E-state index contributed by atoms with van der Waals surface area (Å²) in [6.45, 7) is 8.75. The molecule has 0 spiro atoms. The highest BCUT2D eigenvalue weighted by molar-refractivity contribution is 7.89. The molecule has 44 heavy (non-hydrogen) atoms. The van der Waals surface area contributed by atoms with Crippen LogP contribution < -0.4 is 10.5 Å².